The number of hydrogen-bond donors (Lipinski definition) is 2. The third-order valence-corrected chi connectivity index (χ3v) is 4.25. The highest BCUT2D eigenvalue weighted by atomic mass is 32.2. The number of alkyl halides is 3. The molecule has 0 fully saturated rings. The van der Waals surface area contributed by atoms with Crippen molar-refractivity contribution in [2.24, 2.45) is 0 Å². The zero-order valence-electron chi connectivity index (χ0n) is 13.5. The van der Waals surface area contributed by atoms with Gasteiger partial charge in [0, 0.05) is 11.3 Å². The molecule has 0 aliphatic heterocycles. The summed E-state index contributed by atoms with van der Waals surface area (Å²) in [5.74, 6) is -0.587. The number of nitrogens with zero attached hydrogens (tertiary/aromatic N) is 1. The second-order valence-electron chi connectivity index (χ2n) is 5.21. The van der Waals surface area contributed by atoms with Gasteiger partial charge in [-0.25, -0.2) is 4.98 Å². The molecule has 0 saturated heterocycles. The Balaban J connectivity index is 2.02. The van der Waals surface area contributed by atoms with Gasteiger partial charge in [-0.2, -0.15) is 13.2 Å². The molecular weight excluding hydrogens is 355 g/mol. The minimum absolute atomic E-state index is 0.0556. The fourth-order valence-electron chi connectivity index (χ4n) is 2.07. The molecule has 5 nitrogen and oxygen atoms in total. The lowest BCUT2D eigenvalue weighted by Crippen LogP contribution is -2.18. The van der Waals surface area contributed by atoms with E-state index in [-0.39, 0.29) is 17.0 Å². The molecule has 0 aliphatic carbocycles. The first-order chi connectivity index (χ1) is 11.7. The van der Waals surface area contributed by atoms with E-state index in [4.69, 9.17) is 0 Å². The van der Waals surface area contributed by atoms with Crippen LogP contribution < -0.4 is 10.9 Å². The standard InChI is InChI=1S/C16H16F3N3O2S/c1-3-12-9(2)14(24)22-15(21-12)25-8-13(23)20-11-6-4-5-10(7-11)16(17,18)19/h4-7H,3,8H2,1-2H3,(H,20,23)(H,21,22,24). The molecule has 0 radical (unpaired) electrons. The Morgan fingerprint density at radius 2 is 2.08 bits per heavy atom. The van der Waals surface area contributed by atoms with Gasteiger partial charge in [0.05, 0.1) is 17.0 Å². The number of H-pyrrole nitrogens is 1. The minimum Gasteiger partial charge on any atom is -0.325 e. The molecule has 0 bridgehead atoms. The fourth-order valence-corrected chi connectivity index (χ4v) is 2.75. The summed E-state index contributed by atoms with van der Waals surface area (Å²) in [4.78, 5) is 30.5. The zero-order valence-corrected chi connectivity index (χ0v) is 14.3. The number of amides is 1. The lowest BCUT2D eigenvalue weighted by molar-refractivity contribution is -0.137. The Hall–Kier alpha value is -2.29. The Bertz CT molecular complexity index is 834. The van der Waals surface area contributed by atoms with Crippen molar-refractivity contribution in [3.8, 4) is 0 Å². The Morgan fingerprint density at radius 1 is 1.36 bits per heavy atom. The predicted octanol–water partition coefficient (Wildman–Crippen LogP) is 3.39. The Morgan fingerprint density at radius 3 is 2.72 bits per heavy atom. The largest absolute Gasteiger partial charge is 0.416 e. The predicted molar refractivity (Wildman–Crippen MR) is 89.8 cm³/mol. The van der Waals surface area contributed by atoms with Crippen molar-refractivity contribution in [3.63, 3.8) is 0 Å². The second kappa shape index (κ2) is 7.73. The first-order valence-corrected chi connectivity index (χ1v) is 8.39. The summed E-state index contributed by atoms with van der Waals surface area (Å²) in [6.45, 7) is 3.53. The SMILES string of the molecule is CCc1nc(SCC(=O)Nc2cccc(C(F)(F)F)c2)[nH]c(=O)c1C. The summed E-state index contributed by atoms with van der Waals surface area (Å²) in [5.41, 5.74) is 0.118. The van der Waals surface area contributed by atoms with Gasteiger partial charge in [-0.05, 0) is 31.5 Å². The van der Waals surface area contributed by atoms with E-state index < -0.39 is 17.6 Å². The normalized spacial score (nSPS) is 11.4. The number of rotatable bonds is 5. The van der Waals surface area contributed by atoms with Crippen molar-refractivity contribution in [2.45, 2.75) is 31.6 Å². The first-order valence-electron chi connectivity index (χ1n) is 7.40. The number of aromatic amines is 1. The smallest absolute Gasteiger partial charge is 0.325 e. The summed E-state index contributed by atoms with van der Waals surface area (Å²) < 4.78 is 38.0. The Labute approximate surface area is 146 Å². The van der Waals surface area contributed by atoms with Gasteiger partial charge in [-0.3, -0.25) is 9.59 Å². The number of carbonyl (C=O) groups excluding carboxylic acids is 1. The van der Waals surface area contributed by atoms with Crippen LogP contribution in [0.1, 0.15) is 23.7 Å². The van der Waals surface area contributed by atoms with Crippen molar-refractivity contribution in [3.05, 3.63) is 51.4 Å². The molecular formula is C16H16F3N3O2S. The molecule has 25 heavy (non-hydrogen) atoms. The van der Waals surface area contributed by atoms with Crippen molar-refractivity contribution in [1.29, 1.82) is 0 Å². The number of thioether (sulfide) groups is 1. The summed E-state index contributed by atoms with van der Waals surface area (Å²) in [5, 5.41) is 2.70. The van der Waals surface area contributed by atoms with Crippen molar-refractivity contribution >= 4 is 23.4 Å². The first kappa shape index (κ1) is 19.0. The molecule has 0 unspecified atom stereocenters. The van der Waals surface area contributed by atoms with Crippen LogP contribution in [0.25, 0.3) is 0 Å². The third-order valence-electron chi connectivity index (χ3n) is 3.38. The van der Waals surface area contributed by atoms with E-state index in [1.165, 1.54) is 12.1 Å². The van der Waals surface area contributed by atoms with E-state index in [1.807, 2.05) is 6.92 Å². The second-order valence-corrected chi connectivity index (χ2v) is 6.18. The van der Waals surface area contributed by atoms with E-state index in [2.05, 4.69) is 15.3 Å². The summed E-state index contributed by atoms with van der Waals surface area (Å²) in [6, 6.07) is 4.39. The number of anilines is 1. The third kappa shape index (κ3) is 5.09. The quantitative estimate of drug-likeness (QED) is 0.624. The van der Waals surface area contributed by atoms with Crippen molar-refractivity contribution in [1.82, 2.24) is 9.97 Å². The molecule has 134 valence electrons. The van der Waals surface area contributed by atoms with Crippen LogP contribution in [0.5, 0.6) is 0 Å². The van der Waals surface area contributed by atoms with E-state index in [1.54, 1.807) is 6.92 Å². The number of benzene rings is 1. The van der Waals surface area contributed by atoms with Crippen molar-refractivity contribution < 1.29 is 18.0 Å². The highest BCUT2D eigenvalue weighted by molar-refractivity contribution is 7.99. The van der Waals surface area contributed by atoms with Crippen molar-refractivity contribution in [2.75, 3.05) is 11.1 Å². The van der Waals surface area contributed by atoms with E-state index in [0.717, 1.165) is 23.9 Å². The zero-order chi connectivity index (χ0) is 18.6. The molecule has 0 atom stereocenters. The maximum atomic E-state index is 12.7. The molecule has 9 heteroatoms. The molecule has 1 aromatic heterocycles. The van der Waals surface area contributed by atoms with Gasteiger partial charge in [0.1, 0.15) is 0 Å². The molecule has 0 spiro atoms. The van der Waals surface area contributed by atoms with Gasteiger partial charge in [-0.1, -0.05) is 24.8 Å². The lowest BCUT2D eigenvalue weighted by atomic mass is 10.2. The van der Waals surface area contributed by atoms with E-state index in [0.29, 0.717) is 22.8 Å². The highest BCUT2D eigenvalue weighted by Crippen LogP contribution is 2.30. The highest BCUT2D eigenvalue weighted by Gasteiger charge is 2.30. The molecule has 1 amide bonds. The van der Waals surface area contributed by atoms with Gasteiger partial charge in [-0.15, -0.1) is 0 Å². The van der Waals surface area contributed by atoms with Gasteiger partial charge >= 0.3 is 6.18 Å². The maximum Gasteiger partial charge on any atom is 0.416 e. The number of aromatic nitrogens is 2. The van der Waals surface area contributed by atoms with E-state index >= 15 is 0 Å². The Kier molecular flexibility index (Phi) is 5.89. The minimum atomic E-state index is -4.47. The van der Waals surface area contributed by atoms with Crippen LogP contribution in [0.4, 0.5) is 18.9 Å². The van der Waals surface area contributed by atoms with Crippen LogP contribution in [0.15, 0.2) is 34.2 Å². The number of hydrogen-bond acceptors (Lipinski definition) is 4. The van der Waals surface area contributed by atoms with Crippen LogP contribution in [-0.2, 0) is 17.4 Å². The van der Waals surface area contributed by atoms with Gasteiger partial charge in [0.25, 0.3) is 5.56 Å². The van der Waals surface area contributed by atoms with Crippen LogP contribution in [0, 0.1) is 6.92 Å². The maximum absolute atomic E-state index is 12.7. The van der Waals surface area contributed by atoms with Crippen LogP contribution in [0.2, 0.25) is 0 Å². The molecule has 2 rings (SSSR count). The number of nitrogens with one attached hydrogen (secondary N) is 2. The molecule has 0 saturated carbocycles. The van der Waals surface area contributed by atoms with Crippen LogP contribution in [0.3, 0.4) is 0 Å². The molecule has 2 N–H and O–H groups in total. The number of halogens is 3. The molecule has 2 aromatic rings. The average molecular weight is 371 g/mol. The van der Waals surface area contributed by atoms with Gasteiger partial charge in [0.2, 0.25) is 5.91 Å². The molecule has 1 aromatic carbocycles. The fraction of sp³-hybridized carbons (Fsp3) is 0.312. The summed E-state index contributed by atoms with van der Waals surface area (Å²) in [6.07, 6.45) is -3.89. The summed E-state index contributed by atoms with van der Waals surface area (Å²) >= 11 is 1.01. The number of carbonyl (C=O) groups is 1. The average Bonchev–Trinajstić information content (AvgIpc) is 2.55. The molecule has 1 heterocycles. The molecule has 0 aliphatic rings. The van der Waals surface area contributed by atoms with Crippen LogP contribution >= 0.6 is 11.8 Å². The van der Waals surface area contributed by atoms with Gasteiger partial charge < -0.3 is 10.3 Å². The van der Waals surface area contributed by atoms with E-state index in [9.17, 15) is 22.8 Å². The summed E-state index contributed by atoms with van der Waals surface area (Å²) in [7, 11) is 0. The topological polar surface area (TPSA) is 74.8 Å². The van der Waals surface area contributed by atoms with Crippen LogP contribution in [-0.4, -0.2) is 21.6 Å². The van der Waals surface area contributed by atoms with Gasteiger partial charge in [0.15, 0.2) is 5.16 Å². The monoisotopic (exact) mass is 371 g/mol. The lowest BCUT2D eigenvalue weighted by Gasteiger charge is -2.10. The number of aryl methyl sites for hydroxylation is 1.